The Morgan fingerprint density at radius 2 is 1.65 bits per heavy atom. The summed E-state index contributed by atoms with van der Waals surface area (Å²) in [4.78, 5) is 0. The SMILES string of the molecule is CC(C)CCC1=CCCCC1.COc1ccc(CC(C)C)cc1. The lowest BCUT2D eigenvalue weighted by molar-refractivity contribution is 0.414. The minimum Gasteiger partial charge on any atom is -0.497 e. The fourth-order valence-electron chi connectivity index (χ4n) is 2.84. The highest BCUT2D eigenvalue weighted by Crippen LogP contribution is 2.22. The average molecular weight is 317 g/mol. The minimum absolute atomic E-state index is 0.721. The van der Waals surface area contributed by atoms with Gasteiger partial charge in [0, 0.05) is 0 Å². The topological polar surface area (TPSA) is 9.23 Å². The first-order chi connectivity index (χ1) is 11.0. The van der Waals surface area contributed by atoms with Gasteiger partial charge in [0.1, 0.15) is 5.75 Å². The Balaban J connectivity index is 0.000000231. The van der Waals surface area contributed by atoms with Crippen LogP contribution in [0.2, 0.25) is 0 Å². The molecule has 1 nitrogen and oxygen atoms in total. The highest BCUT2D eigenvalue weighted by Gasteiger charge is 2.03. The molecule has 0 saturated carbocycles. The number of ether oxygens (including phenoxy) is 1. The number of rotatable bonds is 6. The second-order valence-electron chi connectivity index (χ2n) is 7.49. The summed E-state index contributed by atoms with van der Waals surface area (Å²) in [6.45, 7) is 9.07. The molecule has 0 bridgehead atoms. The molecule has 2 rings (SSSR count). The summed E-state index contributed by atoms with van der Waals surface area (Å²) in [7, 11) is 1.69. The summed E-state index contributed by atoms with van der Waals surface area (Å²) in [6, 6.07) is 8.27. The zero-order valence-electron chi connectivity index (χ0n) is 15.9. The van der Waals surface area contributed by atoms with Crippen LogP contribution in [-0.2, 0) is 6.42 Å². The van der Waals surface area contributed by atoms with Gasteiger partial charge in [-0.3, -0.25) is 0 Å². The van der Waals surface area contributed by atoms with Crippen molar-refractivity contribution in [1.29, 1.82) is 0 Å². The second kappa shape index (κ2) is 11.3. The molecule has 1 aromatic rings. The normalized spacial score (nSPS) is 14.3. The Labute approximate surface area is 144 Å². The van der Waals surface area contributed by atoms with E-state index in [4.69, 9.17) is 4.74 Å². The minimum atomic E-state index is 0.721. The van der Waals surface area contributed by atoms with Crippen LogP contribution in [0.5, 0.6) is 5.75 Å². The second-order valence-corrected chi connectivity index (χ2v) is 7.49. The van der Waals surface area contributed by atoms with Gasteiger partial charge in [-0.25, -0.2) is 0 Å². The van der Waals surface area contributed by atoms with E-state index in [1.54, 1.807) is 12.7 Å². The molecule has 0 heterocycles. The quantitative estimate of drug-likeness (QED) is 0.523. The van der Waals surface area contributed by atoms with Gasteiger partial charge in [-0.05, 0) is 74.5 Å². The predicted octanol–water partition coefficient (Wildman–Crippen LogP) is 6.82. The lowest BCUT2D eigenvalue weighted by atomic mass is 9.94. The van der Waals surface area contributed by atoms with Crippen molar-refractivity contribution >= 4 is 0 Å². The maximum absolute atomic E-state index is 5.07. The molecule has 0 amide bonds. The van der Waals surface area contributed by atoms with Crippen molar-refractivity contribution in [2.45, 2.75) is 72.6 Å². The molecule has 1 aromatic carbocycles. The third-order valence-electron chi connectivity index (χ3n) is 4.23. The number of allylic oxidation sites excluding steroid dienone is 2. The van der Waals surface area contributed by atoms with Crippen LogP contribution >= 0.6 is 0 Å². The lowest BCUT2D eigenvalue weighted by Crippen LogP contribution is -1.94. The lowest BCUT2D eigenvalue weighted by Gasteiger charge is -2.13. The van der Waals surface area contributed by atoms with Gasteiger partial charge < -0.3 is 4.74 Å². The Kier molecular flexibility index (Phi) is 9.75. The Hall–Kier alpha value is -1.24. The van der Waals surface area contributed by atoms with Crippen molar-refractivity contribution < 1.29 is 4.74 Å². The molecule has 0 atom stereocenters. The number of benzene rings is 1. The van der Waals surface area contributed by atoms with Crippen LogP contribution in [0.15, 0.2) is 35.9 Å². The Morgan fingerprint density at radius 3 is 2.13 bits per heavy atom. The van der Waals surface area contributed by atoms with Crippen molar-refractivity contribution in [3.8, 4) is 5.75 Å². The molecular weight excluding hydrogens is 280 g/mol. The highest BCUT2D eigenvalue weighted by molar-refractivity contribution is 5.27. The molecular formula is C22H36O. The monoisotopic (exact) mass is 316 g/mol. The third-order valence-corrected chi connectivity index (χ3v) is 4.23. The van der Waals surface area contributed by atoms with E-state index < -0.39 is 0 Å². The first-order valence-corrected chi connectivity index (χ1v) is 9.32. The van der Waals surface area contributed by atoms with Crippen LogP contribution in [0, 0.1) is 11.8 Å². The van der Waals surface area contributed by atoms with Gasteiger partial charge in [0.2, 0.25) is 0 Å². The first kappa shape index (κ1) is 19.8. The Morgan fingerprint density at radius 1 is 0.957 bits per heavy atom. The number of methoxy groups -OCH3 is 1. The molecule has 0 aliphatic heterocycles. The molecule has 0 saturated heterocycles. The fourth-order valence-corrected chi connectivity index (χ4v) is 2.84. The standard InChI is InChI=1S/C11H16O.C11H20/c1-9(2)8-10-4-6-11(12-3)7-5-10;1-10(2)8-9-11-6-4-3-5-7-11/h4-7,9H,8H2,1-3H3;6,10H,3-5,7-9H2,1-2H3. The van der Waals surface area contributed by atoms with Gasteiger partial charge in [0.25, 0.3) is 0 Å². The molecule has 130 valence electrons. The summed E-state index contributed by atoms with van der Waals surface area (Å²) in [5, 5.41) is 0. The molecule has 0 unspecified atom stereocenters. The smallest absolute Gasteiger partial charge is 0.118 e. The van der Waals surface area contributed by atoms with E-state index in [0.717, 1.165) is 24.0 Å². The van der Waals surface area contributed by atoms with Crippen molar-refractivity contribution in [3.05, 3.63) is 41.5 Å². The summed E-state index contributed by atoms with van der Waals surface area (Å²) in [6.07, 6.45) is 11.9. The van der Waals surface area contributed by atoms with Crippen LogP contribution in [0.3, 0.4) is 0 Å². The zero-order chi connectivity index (χ0) is 17.1. The van der Waals surface area contributed by atoms with Crippen molar-refractivity contribution in [3.63, 3.8) is 0 Å². The van der Waals surface area contributed by atoms with Gasteiger partial charge in [-0.15, -0.1) is 0 Å². The van der Waals surface area contributed by atoms with Gasteiger partial charge >= 0.3 is 0 Å². The Bertz CT molecular complexity index is 440. The first-order valence-electron chi connectivity index (χ1n) is 9.32. The van der Waals surface area contributed by atoms with Gasteiger partial charge in [0.15, 0.2) is 0 Å². The largest absolute Gasteiger partial charge is 0.497 e. The van der Waals surface area contributed by atoms with Gasteiger partial charge in [-0.1, -0.05) is 51.5 Å². The van der Waals surface area contributed by atoms with E-state index in [1.165, 1.54) is 44.1 Å². The van der Waals surface area contributed by atoms with Gasteiger partial charge in [-0.2, -0.15) is 0 Å². The zero-order valence-corrected chi connectivity index (χ0v) is 15.9. The number of hydrogen-bond acceptors (Lipinski definition) is 1. The van der Waals surface area contributed by atoms with Crippen LogP contribution in [-0.4, -0.2) is 7.11 Å². The molecule has 1 aliphatic rings. The molecule has 0 fully saturated rings. The van der Waals surface area contributed by atoms with Crippen LogP contribution in [0.25, 0.3) is 0 Å². The van der Waals surface area contributed by atoms with Gasteiger partial charge in [0.05, 0.1) is 7.11 Å². The van der Waals surface area contributed by atoms with Crippen LogP contribution in [0.4, 0.5) is 0 Å². The third kappa shape index (κ3) is 9.48. The van der Waals surface area contributed by atoms with E-state index in [1.807, 2.05) is 12.1 Å². The predicted molar refractivity (Wildman–Crippen MR) is 102 cm³/mol. The fraction of sp³-hybridized carbons (Fsp3) is 0.636. The van der Waals surface area contributed by atoms with E-state index in [9.17, 15) is 0 Å². The maximum atomic E-state index is 5.07. The van der Waals surface area contributed by atoms with Crippen molar-refractivity contribution in [2.75, 3.05) is 7.11 Å². The molecule has 0 aromatic heterocycles. The van der Waals surface area contributed by atoms with E-state index in [2.05, 4.69) is 45.9 Å². The maximum Gasteiger partial charge on any atom is 0.118 e. The van der Waals surface area contributed by atoms with E-state index >= 15 is 0 Å². The summed E-state index contributed by atoms with van der Waals surface area (Å²) in [5.41, 5.74) is 3.11. The molecule has 0 spiro atoms. The van der Waals surface area contributed by atoms with Crippen molar-refractivity contribution in [2.24, 2.45) is 11.8 Å². The summed E-state index contributed by atoms with van der Waals surface area (Å²) < 4.78 is 5.07. The highest BCUT2D eigenvalue weighted by atomic mass is 16.5. The molecule has 23 heavy (non-hydrogen) atoms. The van der Waals surface area contributed by atoms with Crippen LogP contribution < -0.4 is 4.74 Å². The summed E-state index contributed by atoms with van der Waals surface area (Å²) >= 11 is 0. The molecule has 1 heteroatoms. The molecule has 1 aliphatic carbocycles. The average Bonchev–Trinajstić information content (AvgIpc) is 2.55. The number of hydrogen-bond donors (Lipinski definition) is 0. The van der Waals surface area contributed by atoms with Crippen molar-refractivity contribution in [1.82, 2.24) is 0 Å². The summed E-state index contributed by atoms with van der Waals surface area (Å²) in [5.74, 6) is 2.53. The van der Waals surface area contributed by atoms with Crippen LogP contribution in [0.1, 0.15) is 71.8 Å². The van der Waals surface area contributed by atoms with E-state index in [0.29, 0.717) is 0 Å². The van der Waals surface area contributed by atoms with E-state index in [-0.39, 0.29) is 0 Å². The molecule has 0 radical (unpaired) electrons. The molecule has 0 N–H and O–H groups in total.